The standard InChI is InChI=1S/C19H31NO.ClH/c1-2-3-4-6-11-18-12-7-8-13-19(18)21-17-16-20-14-9-5-10-15-20;/h7-8,12-13H,2-6,9-11,14-17H2,1H3;1H/p-1. The molecular weight excluding hydrogens is 294 g/mol. The van der Waals surface area contributed by atoms with E-state index in [-0.39, 0.29) is 12.4 Å². The van der Waals surface area contributed by atoms with Crippen molar-refractivity contribution in [2.45, 2.75) is 58.3 Å². The third kappa shape index (κ3) is 7.02. The smallest absolute Gasteiger partial charge is 0.122 e. The number of piperidine rings is 1. The molecule has 1 heterocycles. The Labute approximate surface area is 142 Å². The molecule has 0 radical (unpaired) electrons. The Morgan fingerprint density at radius 1 is 1.00 bits per heavy atom. The first-order valence-corrected chi connectivity index (χ1v) is 8.83. The summed E-state index contributed by atoms with van der Waals surface area (Å²) in [5.74, 6) is 1.10. The van der Waals surface area contributed by atoms with Crippen molar-refractivity contribution in [2.75, 3.05) is 26.2 Å². The molecular formula is C19H31ClNO-. The van der Waals surface area contributed by atoms with Gasteiger partial charge in [0, 0.05) is 6.54 Å². The second kappa shape index (κ2) is 11.8. The van der Waals surface area contributed by atoms with E-state index in [9.17, 15) is 0 Å². The third-order valence-electron chi connectivity index (χ3n) is 4.39. The predicted octanol–water partition coefficient (Wildman–Crippen LogP) is 1.68. The van der Waals surface area contributed by atoms with Crippen LogP contribution in [-0.2, 0) is 6.42 Å². The molecule has 1 aromatic rings. The minimum absolute atomic E-state index is 0. The highest BCUT2D eigenvalue weighted by Crippen LogP contribution is 2.20. The number of likely N-dealkylation sites (tertiary alicyclic amines) is 1. The van der Waals surface area contributed by atoms with Gasteiger partial charge >= 0.3 is 0 Å². The normalized spacial score (nSPS) is 15.3. The molecule has 2 nitrogen and oxygen atoms in total. The van der Waals surface area contributed by atoms with Gasteiger partial charge in [-0.05, 0) is 50.4 Å². The van der Waals surface area contributed by atoms with Crippen molar-refractivity contribution in [1.82, 2.24) is 4.90 Å². The molecule has 1 aliphatic heterocycles. The van der Waals surface area contributed by atoms with Crippen LogP contribution >= 0.6 is 0 Å². The van der Waals surface area contributed by atoms with Crippen LogP contribution in [0.3, 0.4) is 0 Å². The highest BCUT2D eigenvalue weighted by molar-refractivity contribution is 5.33. The summed E-state index contributed by atoms with van der Waals surface area (Å²) < 4.78 is 6.06. The summed E-state index contributed by atoms with van der Waals surface area (Å²) in [5, 5.41) is 0. The Kier molecular flexibility index (Phi) is 10.3. The van der Waals surface area contributed by atoms with E-state index in [4.69, 9.17) is 4.74 Å². The van der Waals surface area contributed by atoms with Crippen LogP contribution in [0.25, 0.3) is 0 Å². The molecule has 0 aliphatic carbocycles. The third-order valence-corrected chi connectivity index (χ3v) is 4.39. The quantitative estimate of drug-likeness (QED) is 0.641. The lowest BCUT2D eigenvalue weighted by Crippen LogP contribution is -3.00. The highest BCUT2D eigenvalue weighted by atomic mass is 35.5. The van der Waals surface area contributed by atoms with Gasteiger partial charge < -0.3 is 17.1 Å². The van der Waals surface area contributed by atoms with Gasteiger partial charge in [0.25, 0.3) is 0 Å². The predicted molar refractivity (Wildman–Crippen MR) is 90.1 cm³/mol. The number of unbranched alkanes of at least 4 members (excludes halogenated alkanes) is 3. The minimum atomic E-state index is 0. The molecule has 1 fully saturated rings. The second-order valence-electron chi connectivity index (χ2n) is 6.17. The summed E-state index contributed by atoms with van der Waals surface area (Å²) in [6, 6.07) is 8.58. The summed E-state index contributed by atoms with van der Waals surface area (Å²) in [4.78, 5) is 2.54. The van der Waals surface area contributed by atoms with E-state index in [1.54, 1.807) is 0 Å². The number of aryl methyl sites for hydroxylation is 1. The minimum Gasteiger partial charge on any atom is -1.00 e. The molecule has 126 valence electrons. The number of rotatable bonds is 9. The van der Waals surface area contributed by atoms with Crippen molar-refractivity contribution in [1.29, 1.82) is 0 Å². The Balaban J connectivity index is 0.00000242. The molecule has 1 aliphatic rings. The SMILES string of the molecule is CCCCCCc1ccccc1OCCN1CCCCC1.[Cl-]. The first-order chi connectivity index (χ1) is 10.4. The number of para-hydroxylation sites is 1. The molecule has 0 bridgehead atoms. The maximum atomic E-state index is 6.06. The van der Waals surface area contributed by atoms with E-state index in [0.29, 0.717) is 0 Å². The fourth-order valence-electron chi connectivity index (χ4n) is 3.06. The van der Waals surface area contributed by atoms with Crippen LogP contribution in [0, 0.1) is 0 Å². The van der Waals surface area contributed by atoms with Gasteiger partial charge in [-0.1, -0.05) is 50.8 Å². The van der Waals surface area contributed by atoms with Crippen LogP contribution in [0.5, 0.6) is 5.75 Å². The Morgan fingerprint density at radius 2 is 1.77 bits per heavy atom. The molecule has 0 atom stereocenters. The van der Waals surface area contributed by atoms with Crippen molar-refractivity contribution < 1.29 is 17.1 Å². The number of halogens is 1. The Bertz CT molecular complexity index is 391. The zero-order valence-corrected chi connectivity index (χ0v) is 14.8. The molecule has 0 unspecified atom stereocenters. The number of benzene rings is 1. The van der Waals surface area contributed by atoms with Gasteiger partial charge in [0.15, 0.2) is 0 Å². The summed E-state index contributed by atoms with van der Waals surface area (Å²) in [6.07, 6.45) is 10.5. The van der Waals surface area contributed by atoms with Crippen LogP contribution in [0.15, 0.2) is 24.3 Å². The van der Waals surface area contributed by atoms with Gasteiger partial charge in [0.1, 0.15) is 12.4 Å². The number of hydrogen-bond acceptors (Lipinski definition) is 2. The molecule has 0 spiro atoms. The van der Waals surface area contributed by atoms with E-state index in [1.165, 1.54) is 63.6 Å². The van der Waals surface area contributed by atoms with E-state index in [2.05, 4.69) is 36.1 Å². The molecule has 1 saturated heterocycles. The molecule has 0 saturated carbocycles. The Hall–Kier alpha value is -0.730. The van der Waals surface area contributed by atoms with E-state index in [1.807, 2.05) is 0 Å². The highest BCUT2D eigenvalue weighted by Gasteiger charge is 2.10. The van der Waals surface area contributed by atoms with Crippen LogP contribution in [0.2, 0.25) is 0 Å². The average molecular weight is 325 g/mol. The zero-order chi connectivity index (χ0) is 14.8. The maximum absolute atomic E-state index is 6.06. The van der Waals surface area contributed by atoms with Crippen molar-refractivity contribution in [3.05, 3.63) is 29.8 Å². The molecule has 1 aromatic carbocycles. The lowest BCUT2D eigenvalue weighted by atomic mass is 10.1. The van der Waals surface area contributed by atoms with Gasteiger partial charge in [-0.3, -0.25) is 4.90 Å². The fourth-order valence-corrected chi connectivity index (χ4v) is 3.06. The molecule has 22 heavy (non-hydrogen) atoms. The lowest BCUT2D eigenvalue weighted by Gasteiger charge is -2.26. The van der Waals surface area contributed by atoms with Gasteiger partial charge in [0.05, 0.1) is 0 Å². The zero-order valence-electron chi connectivity index (χ0n) is 14.0. The lowest BCUT2D eigenvalue weighted by molar-refractivity contribution is -0.00000492. The van der Waals surface area contributed by atoms with Gasteiger partial charge in [-0.2, -0.15) is 0 Å². The number of nitrogens with zero attached hydrogens (tertiary/aromatic N) is 1. The van der Waals surface area contributed by atoms with E-state index >= 15 is 0 Å². The van der Waals surface area contributed by atoms with Crippen molar-refractivity contribution in [2.24, 2.45) is 0 Å². The van der Waals surface area contributed by atoms with Gasteiger partial charge in [-0.25, -0.2) is 0 Å². The van der Waals surface area contributed by atoms with Crippen LogP contribution in [0.1, 0.15) is 57.4 Å². The summed E-state index contributed by atoms with van der Waals surface area (Å²) in [6.45, 7) is 6.66. The topological polar surface area (TPSA) is 12.5 Å². The number of ether oxygens (including phenoxy) is 1. The largest absolute Gasteiger partial charge is 1.00 e. The van der Waals surface area contributed by atoms with Crippen molar-refractivity contribution >= 4 is 0 Å². The first kappa shape index (κ1) is 19.3. The van der Waals surface area contributed by atoms with Crippen molar-refractivity contribution in [3.63, 3.8) is 0 Å². The molecule has 0 aromatic heterocycles. The fraction of sp³-hybridized carbons (Fsp3) is 0.684. The molecule has 0 N–H and O–H groups in total. The van der Waals surface area contributed by atoms with E-state index in [0.717, 1.165) is 25.3 Å². The summed E-state index contributed by atoms with van der Waals surface area (Å²) >= 11 is 0. The average Bonchev–Trinajstić information content (AvgIpc) is 2.54. The van der Waals surface area contributed by atoms with E-state index < -0.39 is 0 Å². The van der Waals surface area contributed by atoms with Crippen LogP contribution in [0.4, 0.5) is 0 Å². The summed E-state index contributed by atoms with van der Waals surface area (Å²) in [7, 11) is 0. The molecule has 3 heteroatoms. The van der Waals surface area contributed by atoms with Crippen LogP contribution in [-0.4, -0.2) is 31.1 Å². The van der Waals surface area contributed by atoms with Gasteiger partial charge in [-0.15, -0.1) is 0 Å². The Morgan fingerprint density at radius 3 is 2.55 bits per heavy atom. The number of hydrogen-bond donors (Lipinski definition) is 0. The first-order valence-electron chi connectivity index (χ1n) is 8.83. The maximum Gasteiger partial charge on any atom is 0.122 e. The molecule has 2 rings (SSSR count). The van der Waals surface area contributed by atoms with Crippen LogP contribution < -0.4 is 17.1 Å². The van der Waals surface area contributed by atoms with Gasteiger partial charge in [0.2, 0.25) is 0 Å². The second-order valence-corrected chi connectivity index (χ2v) is 6.17. The molecule has 0 amide bonds. The van der Waals surface area contributed by atoms with Crippen molar-refractivity contribution in [3.8, 4) is 5.75 Å². The summed E-state index contributed by atoms with van der Waals surface area (Å²) in [5.41, 5.74) is 1.38. The monoisotopic (exact) mass is 324 g/mol.